The minimum atomic E-state index is -4.36. The summed E-state index contributed by atoms with van der Waals surface area (Å²) in [5.41, 5.74) is 5.63. The Morgan fingerprint density at radius 1 is 1.19 bits per heavy atom. The highest BCUT2D eigenvalue weighted by atomic mass is 19.4. The summed E-state index contributed by atoms with van der Waals surface area (Å²) in [6.45, 7) is 5.35. The molecule has 3 nitrogen and oxygen atoms in total. The molecule has 21 heavy (non-hydrogen) atoms. The number of hydrogen-bond acceptors (Lipinski definition) is 3. The molecule has 0 spiro atoms. The van der Waals surface area contributed by atoms with E-state index in [-0.39, 0.29) is 24.3 Å². The summed E-state index contributed by atoms with van der Waals surface area (Å²) >= 11 is 0. The van der Waals surface area contributed by atoms with Gasteiger partial charge in [-0.25, -0.2) is 0 Å². The fourth-order valence-electron chi connectivity index (χ4n) is 2.81. The molecule has 118 valence electrons. The molecule has 2 atom stereocenters. The van der Waals surface area contributed by atoms with Gasteiger partial charge in [0.15, 0.2) is 0 Å². The highest BCUT2D eigenvalue weighted by Gasteiger charge is 2.37. The van der Waals surface area contributed by atoms with Crippen LogP contribution in [0.15, 0.2) is 18.2 Å². The van der Waals surface area contributed by atoms with E-state index in [4.69, 9.17) is 5.73 Å². The molecule has 0 aromatic heterocycles. The van der Waals surface area contributed by atoms with E-state index in [0.29, 0.717) is 18.7 Å². The van der Waals surface area contributed by atoms with Crippen molar-refractivity contribution in [3.63, 3.8) is 0 Å². The molecule has 0 amide bonds. The van der Waals surface area contributed by atoms with Gasteiger partial charge < -0.3 is 10.6 Å². The monoisotopic (exact) mass is 301 g/mol. The Bertz CT molecular complexity index is 489. The fraction of sp³-hybridized carbons (Fsp3) is 0.600. The number of anilines is 1. The van der Waals surface area contributed by atoms with Gasteiger partial charge in [0.1, 0.15) is 0 Å². The molecule has 6 heteroatoms. The molecule has 1 saturated heterocycles. The molecule has 1 aliphatic heterocycles. The molecule has 0 bridgehead atoms. The molecule has 1 aromatic carbocycles. The van der Waals surface area contributed by atoms with Crippen molar-refractivity contribution < 1.29 is 13.2 Å². The predicted octanol–water partition coefficient (Wildman–Crippen LogP) is 2.69. The van der Waals surface area contributed by atoms with E-state index >= 15 is 0 Å². The van der Waals surface area contributed by atoms with Gasteiger partial charge in [-0.15, -0.1) is 0 Å². The number of hydrogen-bond donors (Lipinski definition) is 1. The smallest absolute Gasteiger partial charge is 0.368 e. The molecule has 1 aromatic rings. The van der Waals surface area contributed by atoms with Gasteiger partial charge in [-0.05, 0) is 38.6 Å². The van der Waals surface area contributed by atoms with E-state index in [1.807, 2.05) is 25.8 Å². The van der Waals surface area contributed by atoms with Crippen LogP contribution >= 0.6 is 0 Å². The van der Waals surface area contributed by atoms with Gasteiger partial charge in [0.2, 0.25) is 0 Å². The normalized spacial score (nSPS) is 24.4. The zero-order valence-corrected chi connectivity index (χ0v) is 12.6. The molecular weight excluding hydrogens is 279 g/mol. The van der Waals surface area contributed by atoms with Crippen molar-refractivity contribution >= 4 is 5.69 Å². The van der Waals surface area contributed by atoms with Crippen LogP contribution in [-0.4, -0.2) is 37.1 Å². The molecule has 2 rings (SSSR count). The van der Waals surface area contributed by atoms with Crippen molar-refractivity contribution in [3.8, 4) is 0 Å². The van der Waals surface area contributed by atoms with Crippen molar-refractivity contribution in [1.29, 1.82) is 0 Å². The Morgan fingerprint density at radius 3 is 2.24 bits per heavy atom. The van der Waals surface area contributed by atoms with E-state index < -0.39 is 11.7 Å². The van der Waals surface area contributed by atoms with E-state index in [1.165, 1.54) is 6.07 Å². The first-order valence-corrected chi connectivity index (χ1v) is 7.11. The van der Waals surface area contributed by atoms with E-state index in [1.54, 1.807) is 12.1 Å². The third-order valence-electron chi connectivity index (χ3n) is 4.30. The second-order valence-corrected chi connectivity index (χ2v) is 5.82. The van der Waals surface area contributed by atoms with Crippen LogP contribution in [0.3, 0.4) is 0 Å². The molecule has 1 heterocycles. The lowest BCUT2D eigenvalue weighted by molar-refractivity contribution is -0.137. The van der Waals surface area contributed by atoms with Gasteiger partial charge in [0.05, 0.1) is 5.56 Å². The summed E-state index contributed by atoms with van der Waals surface area (Å²) < 4.78 is 39.9. The minimum Gasteiger partial charge on any atom is -0.368 e. The van der Waals surface area contributed by atoms with Crippen LogP contribution in [-0.2, 0) is 12.7 Å². The number of benzene rings is 1. The maximum atomic E-state index is 13.3. The predicted molar refractivity (Wildman–Crippen MR) is 78.2 cm³/mol. The highest BCUT2D eigenvalue weighted by Crippen LogP contribution is 2.38. The number of likely N-dealkylation sites (N-methyl/N-ethyl adjacent to an activating group) is 1. The summed E-state index contributed by atoms with van der Waals surface area (Å²) in [4.78, 5) is 4.02. The number of nitrogens with two attached hydrogens (primary N) is 1. The SMILES string of the molecule is CC1CN(c2ccc(CN)cc2C(F)(F)F)CC(C)N1C. The van der Waals surface area contributed by atoms with E-state index in [2.05, 4.69) is 4.90 Å². The lowest BCUT2D eigenvalue weighted by atomic mass is 10.0. The molecule has 2 unspecified atom stereocenters. The van der Waals surface area contributed by atoms with Gasteiger partial charge in [0, 0.05) is 37.4 Å². The lowest BCUT2D eigenvalue weighted by Crippen LogP contribution is -2.55. The summed E-state index contributed by atoms with van der Waals surface area (Å²) in [7, 11) is 2.01. The largest absolute Gasteiger partial charge is 0.418 e. The molecule has 1 aliphatic rings. The Balaban J connectivity index is 2.39. The Labute approximate surface area is 123 Å². The third kappa shape index (κ3) is 3.32. The molecule has 0 aliphatic carbocycles. The van der Waals surface area contributed by atoms with Crippen LogP contribution in [0.2, 0.25) is 0 Å². The number of halogens is 3. The van der Waals surface area contributed by atoms with Gasteiger partial charge in [-0.3, -0.25) is 4.90 Å². The molecule has 1 fully saturated rings. The van der Waals surface area contributed by atoms with Gasteiger partial charge in [-0.1, -0.05) is 6.07 Å². The Hall–Kier alpha value is -1.27. The number of nitrogens with zero attached hydrogens (tertiary/aromatic N) is 2. The first-order valence-electron chi connectivity index (χ1n) is 7.11. The zero-order chi connectivity index (χ0) is 15.8. The van der Waals surface area contributed by atoms with Crippen molar-refractivity contribution in [3.05, 3.63) is 29.3 Å². The topological polar surface area (TPSA) is 32.5 Å². The second kappa shape index (κ2) is 5.85. The number of rotatable bonds is 2. The van der Waals surface area contributed by atoms with Gasteiger partial charge in [-0.2, -0.15) is 13.2 Å². The van der Waals surface area contributed by atoms with Crippen LogP contribution in [0, 0.1) is 0 Å². The summed E-state index contributed by atoms with van der Waals surface area (Å²) in [6, 6.07) is 4.82. The first-order chi connectivity index (χ1) is 9.74. The fourth-order valence-corrected chi connectivity index (χ4v) is 2.81. The minimum absolute atomic E-state index is 0.110. The van der Waals surface area contributed by atoms with Crippen LogP contribution < -0.4 is 10.6 Å². The highest BCUT2D eigenvalue weighted by molar-refractivity contribution is 5.57. The Morgan fingerprint density at radius 2 is 1.76 bits per heavy atom. The van der Waals surface area contributed by atoms with Crippen molar-refractivity contribution in [2.75, 3.05) is 25.0 Å². The van der Waals surface area contributed by atoms with Crippen molar-refractivity contribution in [2.45, 2.75) is 38.7 Å². The second-order valence-electron chi connectivity index (χ2n) is 5.82. The zero-order valence-electron chi connectivity index (χ0n) is 12.6. The average molecular weight is 301 g/mol. The van der Waals surface area contributed by atoms with Crippen LogP contribution in [0.4, 0.5) is 18.9 Å². The Kier molecular flexibility index (Phi) is 4.49. The molecule has 0 radical (unpaired) electrons. The molecule has 2 N–H and O–H groups in total. The number of piperazine rings is 1. The van der Waals surface area contributed by atoms with Gasteiger partial charge >= 0.3 is 6.18 Å². The third-order valence-corrected chi connectivity index (χ3v) is 4.30. The summed E-state index contributed by atoms with van der Waals surface area (Å²) in [6.07, 6.45) is -4.36. The van der Waals surface area contributed by atoms with Crippen LogP contribution in [0.1, 0.15) is 25.0 Å². The van der Waals surface area contributed by atoms with E-state index in [9.17, 15) is 13.2 Å². The van der Waals surface area contributed by atoms with Crippen molar-refractivity contribution in [1.82, 2.24) is 4.90 Å². The average Bonchev–Trinajstić information content (AvgIpc) is 2.42. The summed E-state index contributed by atoms with van der Waals surface area (Å²) in [5, 5.41) is 0. The maximum absolute atomic E-state index is 13.3. The maximum Gasteiger partial charge on any atom is 0.418 e. The summed E-state index contributed by atoms with van der Waals surface area (Å²) in [5.74, 6) is 0. The molecular formula is C15H22F3N3. The standard InChI is InChI=1S/C15H22F3N3/c1-10-8-21(9-11(2)20(10)3)14-5-4-12(7-19)6-13(14)15(16,17)18/h4-6,10-11H,7-9,19H2,1-3H3. The lowest BCUT2D eigenvalue weighted by Gasteiger charge is -2.44. The van der Waals surface area contributed by atoms with Crippen LogP contribution in [0.5, 0.6) is 0 Å². The number of alkyl halides is 3. The van der Waals surface area contributed by atoms with E-state index in [0.717, 1.165) is 0 Å². The molecule has 0 saturated carbocycles. The first kappa shape index (κ1) is 16.1. The quantitative estimate of drug-likeness (QED) is 0.911. The van der Waals surface area contributed by atoms with Gasteiger partial charge in [0.25, 0.3) is 0 Å². The van der Waals surface area contributed by atoms with Crippen LogP contribution in [0.25, 0.3) is 0 Å². The van der Waals surface area contributed by atoms with Crippen molar-refractivity contribution in [2.24, 2.45) is 5.73 Å².